The van der Waals surface area contributed by atoms with E-state index in [1.165, 1.54) is 13.2 Å². The number of nitrogens with zero attached hydrogens (tertiary/aromatic N) is 1. The Hall–Kier alpha value is -3.98. The summed E-state index contributed by atoms with van der Waals surface area (Å²) in [6, 6.07) is 16.7. The number of nitrogens with one attached hydrogen (secondary N) is 2. The van der Waals surface area contributed by atoms with Crippen LogP contribution in [0, 0.1) is 11.6 Å². The second-order valence-corrected chi connectivity index (χ2v) is 10.8. The smallest absolute Gasteiger partial charge is 0.258 e. The molecule has 3 atom stereocenters. The number of carbonyl (C=O) groups excluding carboxylic acids is 3. The Morgan fingerprint density at radius 3 is 2.51 bits per heavy atom. The summed E-state index contributed by atoms with van der Waals surface area (Å²) in [6.45, 7) is 0.309. The van der Waals surface area contributed by atoms with Crippen LogP contribution in [0.4, 0.5) is 8.78 Å². The Bertz CT molecular complexity index is 1470. The zero-order valence-corrected chi connectivity index (χ0v) is 23.2. The van der Waals surface area contributed by atoms with E-state index in [4.69, 9.17) is 16.3 Å². The Morgan fingerprint density at radius 2 is 1.78 bits per heavy atom. The molecule has 1 saturated carbocycles. The number of ether oxygens (including phenoxy) is 1. The van der Waals surface area contributed by atoms with Gasteiger partial charge in [-0.3, -0.25) is 14.4 Å². The molecule has 1 saturated heterocycles. The molecule has 2 N–H and O–H groups in total. The lowest BCUT2D eigenvalue weighted by Gasteiger charge is -2.35. The minimum atomic E-state index is -1.22. The predicted molar refractivity (Wildman–Crippen MR) is 150 cm³/mol. The third-order valence-corrected chi connectivity index (χ3v) is 8.37. The molecule has 0 aromatic heterocycles. The molecule has 1 aliphatic carbocycles. The van der Waals surface area contributed by atoms with E-state index in [2.05, 4.69) is 10.6 Å². The fourth-order valence-electron chi connectivity index (χ4n) is 6.09. The molecule has 2 aliphatic rings. The summed E-state index contributed by atoms with van der Waals surface area (Å²) in [5.74, 6) is -4.06. The summed E-state index contributed by atoms with van der Waals surface area (Å²) in [4.78, 5) is 42.1. The SMILES string of the molecule is COc1c(C(=O)N2CC[C@]3(NC(=O)[C@H](NC(=O)Cc4ccccc4)c4ccccc4Cl)CCC[C@H]23)ccc(F)c1F. The second-order valence-electron chi connectivity index (χ2n) is 10.4. The average molecular weight is 582 g/mol. The highest BCUT2D eigenvalue weighted by Gasteiger charge is 2.53. The fourth-order valence-corrected chi connectivity index (χ4v) is 6.33. The lowest BCUT2D eigenvalue weighted by molar-refractivity contribution is -0.130. The number of benzene rings is 3. The third kappa shape index (κ3) is 5.63. The molecule has 10 heteroatoms. The number of halogens is 3. The summed E-state index contributed by atoms with van der Waals surface area (Å²) in [7, 11) is 1.18. The van der Waals surface area contributed by atoms with E-state index < -0.39 is 40.8 Å². The minimum absolute atomic E-state index is 0.0810. The number of methoxy groups -OCH3 is 1. The normalized spacial score (nSPS) is 20.3. The molecule has 41 heavy (non-hydrogen) atoms. The summed E-state index contributed by atoms with van der Waals surface area (Å²) in [5.41, 5.74) is 0.428. The van der Waals surface area contributed by atoms with Gasteiger partial charge in [0.15, 0.2) is 11.6 Å². The number of carbonyl (C=O) groups is 3. The van der Waals surface area contributed by atoms with Crippen LogP contribution in [-0.4, -0.2) is 47.9 Å². The van der Waals surface area contributed by atoms with E-state index in [0.29, 0.717) is 36.4 Å². The summed E-state index contributed by atoms with van der Waals surface area (Å²) in [6.07, 6.45) is 2.54. The zero-order chi connectivity index (χ0) is 29.1. The zero-order valence-electron chi connectivity index (χ0n) is 22.5. The molecule has 0 spiro atoms. The van der Waals surface area contributed by atoms with Gasteiger partial charge >= 0.3 is 0 Å². The maximum atomic E-state index is 14.4. The monoisotopic (exact) mass is 581 g/mol. The molecule has 1 aliphatic heterocycles. The number of amides is 3. The Morgan fingerprint density at radius 1 is 1.05 bits per heavy atom. The highest BCUT2D eigenvalue weighted by Crippen LogP contribution is 2.43. The average Bonchev–Trinajstić information content (AvgIpc) is 3.52. The van der Waals surface area contributed by atoms with E-state index >= 15 is 0 Å². The molecule has 1 heterocycles. The number of fused-ring (bicyclic) bond motifs is 1. The van der Waals surface area contributed by atoms with E-state index in [9.17, 15) is 23.2 Å². The first-order valence-corrected chi connectivity index (χ1v) is 13.8. The standard InChI is InChI=1S/C31H30ClF2N3O4/c1-41-28-21(13-14-23(33)26(28)34)30(40)37-17-16-31(15-7-12-24(31)37)36-29(39)27(20-10-5-6-11-22(20)32)35-25(38)18-19-8-3-2-4-9-19/h2-6,8-11,13-14,24,27H,7,12,15-18H2,1H3,(H,35,38)(H,36,39)/t24-,27+,31+/m0/s1. The number of rotatable bonds is 8. The van der Waals surface area contributed by atoms with Crippen LogP contribution < -0.4 is 15.4 Å². The van der Waals surface area contributed by atoms with Crippen LogP contribution >= 0.6 is 11.6 Å². The van der Waals surface area contributed by atoms with Gasteiger partial charge in [-0.05, 0) is 49.4 Å². The van der Waals surface area contributed by atoms with Crippen molar-refractivity contribution in [1.82, 2.24) is 15.5 Å². The molecule has 3 aromatic rings. The van der Waals surface area contributed by atoms with Crippen molar-refractivity contribution in [2.75, 3.05) is 13.7 Å². The van der Waals surface area contributed by atoms with Gasteiger partial charge in [-0.15, -0.1) is 0 Å². The van der Waals surface area contributed by atoms with Crippen molar-refractivity contribution in [2.24, 2.45) is 0 Å². The summed E-state index contributed by atoms with van der Waals surface area (Å²) in [5, 5.41) is 6.35. The molecule has 3 aromatic carbocycles. The summed E-state index contributed by atoms with van der Waals surface area (Å²) >= 11 is 6.46. The van der Waals surface area contributed by atoms with Crippen LogP contribution in [0.15, 0.2) is 66.7 Å². The first kappa shape index (κ1) is 28.5. The highest BCUT2D eigenvalue weighted by atomic mass is 35.5. The van der Waals surface area contributed by atoms with Crippen molar-refractivity contribution in [2.45, 2.75) is 49.7 Å². The topological polar surface area (TPSA) is 87.7 Å². The van der Waals surface area contributed by atoms with E-state index in [1.54, 1.807) is 29.2 Å². The first-order valence-electron chi connectivity index (χ1n) is 13.5. The number of likely N-dealkylation sites (tertiary alicyclic amines) is 1. The third-order valence-electron chi connectivity index (χ3n) is 8.02. The minimum Gasteiger partial charge on any atom is -0.493 e. The maximum absolute atomic E-state index is 14.4. The molecule has 0 unspecified atom stereocenters. The Labute approximate surface area is 241 Å². The van der Waals surface area contributed by atoms with Crippen LogP contribution in [0.25, 0.3) is 0 Å². The van der Waals surface area contributed by atoms with E-state index in [1.807, 2.05) is 30.3 Å². The molecule has 2 fully saturated rings. The molecule has 7 nitrogen and oxygen atoms in total. The highest BCUT2D eigenvalue weighted by molar-refractivity contribution is 6.31. The molecule has 214 valence electrons. The molecule has 5 rings (SSSR count). The van der Waals surface area contributed by atoms with Crippen molar-refractivity contribution in [1.29, 1.82) is 0 Å². The van der Waals surface area contributed by atoms with Crippen molar-refractivity contribution in [3.05, 3.63) is 100 Å². The largest absolute Gasteiger partial charge is 0.493 e. The van der Waals surface area contributed by atoms with Gasteiger partial charge < -0.3 is 20.3 Å². The molecule has 3 amide bonds. The van der Waals surface area contributed by atoms with Crippen LogP contribution in [0.2, 0.25) is 5.02 Å². The van der Waals surface area contributed by atoms with E-state index in [-0.39, 0.29) is 23.9 Å². The van der Waals surface area contributed by atoms with E-state index in [0.717, 1.165) is 18.1 Å². The van der Waals surface area contributed by atoms with Gasteiger partial charge in [-0.25, -0.2) is 4.39 Å². The van der Waals surface area contributed by atoms with Gasteiger partial charge in [-0.1, -0.05) is 60.1 Å². The number of hydrogen-bond acceptors (Lipinski definition) is 4. The molecule has 0 radical (unpaired) electrons. The Balaban J connectivity index is 1.38. The van der Waals surface area contributed by atoms with Gasteiger partial charge in [0.25, 0.3) is 5.91 Å². The van der Waals surface area contributed by atoms with Gasteiger partial charge in [-0.2, -0.15) is 4.39 Å². The number of hydrogen-bond donors (Lipinski definition) is 2. The van der Waals surface area contributed by atoms with Gasteiger partial charge in [0, 0.05) is 17.1 Å². The Kier molecular flexibility index (Phi) is 8.26. The van der Waals surface area contributed by atoms with Crippen LogP contribution in [-0.2, 0) is 16.0 Å². The molecule has 0 bridgehead atoms. The summed E-state index contributed by atoms with van der Waals surface area (Å²) < 4.78 is 33.2. The van der Waals surface area contributed by atoms with Crippen LogP contribution in [0.3, 0.4) is 0 Å². The molecular formula is C31H30ClF2N3O4. The van der Waals surface area contributed by atoms with Crippen molar-refractivity contribution >= 4 is 29.3 Å². The quantitative estimate of drug-likeness (QED) is 0.393. The lowest BCUT2D eigenvalue weighted by Crippen LogP contribution is -2.56. The first-order chi connectivity index (χ1) is 19.7. The fraction of sp³-hybridized carbons (Fsp3) is 0.323. The van der Waals surface area contributed by atoms with Crippen LogP contribution in [0.1, 0.15) is 53.2 Å². The van der Waals surface area contributed by atoms with Crippen molar-refractivity contribution in [3.63, 3.8) is 0 Å². The van der Waals surface area contributed by atoms with Crippen molar-refractivity contribution < 1.29 is 27.9 Å². The lowest BCUT2D eigenvalue weighted by atomic mass is 9.91. The second kappa shape index (κ2) is 11.9. The maximum Gasteiger partial charge on any atom is 0.258 e. The predicted octanol–water partition coefficient (Wildman–Crippen LogP) is 4.98. The van der Waals surface area contributed by atoms with Gasteiger partial charge in [0.2, 0.25) is 17.6 Å². The van der Waals surface area contributed by atoms with Gasteiger partial charge in [0.05, 0.1) is 30.7 Å². The molecular weight excluding hydrogens is 552 g/mol. The van der Waals surface area contributed by atoms with Crippen LogP contribution in [0.5, 0.6) is 5.75 Å². The van der Waals surface area contributed by atoms with Crippen molar-refractivity contribution in [3.8, 4) is 5.75 Å². The van der Waals surface area contributed by atoms with Gasteiger partial charge in [0.1, 0.15) is 6.04 Å².